The standard InChI is InChI=1S/C14H13F2N3/c1-19-8-10(7-18-19)11-5-9-3-2-4-17-13(9)6-12(11)14(15)16/h4-8,14H,2-3H2,1H3. The molecule has 0 spiro atoms. The molecule has 3 rings (SSSR count). The lowest BCUT2D eigenvalue weighted by Crippen LogP contribution is -1.98. The molecule has 0 unspecified atom stereocenters. The van der Waals surface area contributed by atoms with E-state index in [0.29, 0.717) is 11.3 Å². The lowest BCUT2D eigenvalue weighted by molar-refractivity contribution is 0.152. The first-order valence-corrected chi connectivity index (χ1v) is 6.11. The Morgan fingerprint density at radius 3 is 2.84 bits per heavy atom. The molecule has 0 atom stereocenters. The third kappa shape index (κ3) is 2.16. The van der Waals surface area contributed by atoms with Crippen LogP contribution in [0.1, 0.15) is 24.0 Å². The van der Waals surface area contributed by atoms with Gasteiger partial charge < -0.3 is 0 Å². The van der Waals surface area contributed by atoms with Gasteiger partial charge in [0.1, 0.15) is 0 Å². The highest BCUT2D eigenvalue weighted by Crippen LogP contribution is 2.37. The fourth-order valence-electron chi connectivity index (χ4n) is 2.34. The molecular weight excluding hydrogens is 248 g/mol. The monoisotopic (exact) mass is 261 g/mol. The smallest absolute Gasteiger partial charge is 0.264 e. The maximum absolute atomic E-state index is 13.2. The summed E-state index contributed by atoms with van der Waals surface area (Å²) in [6, 6.07) is 3.32. The normalized spacial score (nSPS) is 13.9. The van der Waals surface area contributed by atoms with Crippen molar-refractivity contribution in [3.8, 4) is 11.1 Å². The molecule has 0 fully saturated rings. The van der Waals surface area contributed by atoms with Gasteiger partial charge in [0, 0.05) is 30.6 Å². The predicted octanol–water partition coefficient (Wildman–Crippen LogP) is 3.67. The van der Waals surface area contributed by atoms with Crippen LogP contribution in [0, 0.1) is 0 Å². The SMILES string of the molecule is Cn1cc(-c2cc3c(cc2C(F)F)N=CCC3)cn1. The van der Waals surface area contributed by atoms with E-state index in [1.165, 1.54) is 6.07 Å². The Labute approximate surface area is 109 Å². The van der Waals surface area contributed by atoms with Crippen molar-refractivity contribution in [3.05, 3.63) is 35.7 Å². The number of nitrogens with zero attached hydrogens (tertiary/aromatic N) is 3. The zero-order valence-corrected chi connectivity index (χ0v) is 10.5. The summed E-state index contributed by atoms with van der Waals surface area (Å²) in [5, 5.41) is 4.05. The van der Waals surface area contributed by atoms with Crippen molar-refractivity contribution in [3.63, 3.8) is 0 Å². The number of alkyl halides is 2. The summed E-state index contributed by atoms with van der Waals surface area (Å²) >= 11 is 0. The van der Waals surface area contributed by atoms with Crippen molar-refractivity contribution >= 4 is 11.9 Å². The second-order valence-electron chi connectivity index (χ2n) is 4.62. The molecule has 0 saturated carbocycles. The Morgan fingerprint density at radius 1 is 1.32 bits per heavy atom. The average Bonchev–Trinajstić information content (AvgIpc) is 2.83. The van der Waals surface area contributed by atoms with E-state index in [0.717, 1.165) is 24.0 Å². The van der Waals surface area contributed by atoms with Gasteiger partial charge in [0.25, 0.3) is 6.43 Å². The second-order valence-corrected chi connectivity index (χ2v) is 4.62. The first-order valence-electron chi connectivity index (χ1n) is 6.11. The van der Waals surface area contributed by atoms with Crippen LogP contribution in [0.15, 0.2) is 29.5 Å². The molecule has 3 nitrogen and oxygen atoms in total. The minimum atomic E-state index is -2.52. The molecule has 19 heavy (non-hydrogen) atoms. The van der Waals surface area contributed by atoms with Crippen molar-refractivity contribution in [1.29, 1.82) is 0 Å². The molecule has 0 saturated heterocycles. The molecule has 0 radical (unpaired) electrons. The lowest BCUT2D eigenvalue weighted by atomic mass is 9.95. The molecule has 2 heterocycles. The Kier molecular flexibility index (Phi) is 2.89. The average molecular weight is 261 g/mol. The van der Waals surface area contributed by atoms with Gasteiger partial charge in [-0.3, -0.25) is 9.67 Å². The highest BCUT2D eigenvalue weighted by molar-refractivity contribution is 5.75. The summed E-state index contributed by atoms with van der Waals surface area (Å²) in [6.45, 7) is 0. The number of aromatic nitrogens is 2. The minimum Gasteiger partial charge on any atom is -0.275 e. The van der Waals surface area contributed by atoms with Crippen LogP contribution in [0.5, 0.6) is 0 Å². The molecular formula is C14H13F2N3. The number of aliphatic imine (C=N–C) groups is 1. The first-order chi connectivity index (χ1) is 9.15. The van der Waals surface area contributed by atoms with E-state index in [1.54, 1.807) is 30.3 Å². The van der Waals surface area contributed by atoms with Gasteiger partial charge in [0.15, 0.2) is 0 Å². The van der Waals surface area contributed by atoms with Crippen LogP contribution in [0.3, 0.4) is 0 Å². The van der Waals surface area contributed by atoms with Gasteiger partial charge in [-0.1, -0.05) is 0 Å². The molecule has 1 aromatic carbocycles. The molecule has 1 aromatic heterocycles. The molecule has 0 amide bonds. The summed E-state index contributed by atoms with van der Waals surface area (Å²) in [4.78, 5) is 4.20. The number of halogens is 2. The summed E-state index contributed by atoms with van der Waals surface area (Å²) in [5.74, 6) is 0. The van der Waals surface area contributed by atoms with Gasteiger partial charge in [-0.05, 0) is 36.1 Å². The third-order valence-electron chi connectivity index (χ3n) is 3.27. The first kappa shape index (κ1) is 12.0. The van der Waals surface area contributed by atoms with Gasteiger partial charge in [0.05, 0.1) is 11.9 Å². The molecule has 0 N–H and O–H groups in total. The topological polar surface area (TPSA) is 30.2 Å². The Balaban J connectivity index is 2.19. The summed E-state index contributed by atoms with van der Waals surface area (Å²) < 4.78 is 28.0. The van der Waals surface area contributed by atoms with E-state index in [4.69, 9.17) is 0 Å². The van der Waals surface area contributed by atoms with E-state index >= 15 is 0 Å². The van der Waals surface area contributed by atoms with Crippen molar-refractivity contribution in [1.82, 2.24) is 9.78 Å². The fourth-order valence-corrected chi connectivity index (χ4v) is 2.34. The summed E-state index contributed by atoms with van der Waals surface area (Å²) in [7, 11) is 1.77. The van der Waals surface area contributed by atoms with Gasteiger partial charge in [-0.25, -0.2) is 8.78 Å². The zero-order valence-electron chi connectivity index (χ0n) is 10.5. The summed E-state index contributed by atoms with van der Waals surface area (Å²) in [6.07, 6.45) is 4.32. The predicted molar refractivity (Wildman–Crippen MR) is 70.1 cm³/mol. The molecule has 1 aliphatic rings. The number of fused-ring (bicyclic) bond motifs is 1. The van der Waals surface area contributed by atoms with Crippen LogP contribution in [-0.2, 0) is 13.5 Å². The van der Waals surface area contributed by atoms with E-state index in [2.05, 4.69) is 10.1 Å². The van der Waals surface area contributed by atoms with Crippen LogP contribution < -0.4 is 0 Å². The highest BCUT2D eigenvalue weighted by atomic mass is 19.3. The van der Waals surface area contributed by atoms with Crippen molar-refractivity contribution in [2.75, 3.05) is 0 Å². The number of aryl methyl sites for hydroxylation is 2. The van der Waals surface area contributed by atoms with Crippen molar-refractivity contribution in [2.24, 2.45) is 12.0 Å². The number of hydrogen-bond acceptors (Lipinski definition) is 2. The molecule has 5 heteroatoms. The van der Waals surface area contributed by atoms with Gasteiger partial charge >= 0.3 is 0 Å². The molecule has 98 valence electrons. The number of benzene rings is 1. The largest absolute Gasteiger partial charge is 0.275 e. The fraction of sp³-hybridized carbons (Fsp3) is 0.286. The van der Waals surface area contributed by atoms with Crippen molar-refractivity contribution in [2.45, 2.75) is 19.3 Å². The molecule has 0 aliphatic carbocycles. The lowest BCUT2D eigenvalue weighted by Gasteiger charge is -2.15. The van der Waals surface area contributed by atoms with Gasteiger partial charge in [-0.15, -0.1) is 0 Å². The minimum absolute atomic E-state index is 0.0193. The van der Waals surface area contributed by atoms with E-state index in [1.807, 2.05) is 6.07 Å². The maximum atomic E-state index is 13.2. The molecule has 1 aliphatic heterocycles. The highest BCUT2D eigenvalue weighted by Gasteiger charge is 2.19. The Bertz CT molecular complexity index is 644. The second kappa shape index (κ2) is 4.57. The van der Waals surface area contributed by atoms with Crippen LogP contribution in [0.4, 0.5) is 14.5 Å². The van der Waals surface area contributed by atoms with Crippen LogP contribution in [-0.4, -0.2) is 16.0 Å². The van der Waals surface area contributed by atoms with Crippen LogP contribution in [0.25, 0.3) is 11.1 Å². The van der Waals surface area contributed by atoms with E-state index in [-0.39, 0.29) is 5.56 Å². The van der Waals surface area contributed by atoms with Crippen LogP contribution in [0.2, 0.25) is 0 Å². The quantitative estimate of drug-likeness (QED) is 0.811. The summed E-state index contributed by atoms with van der Waals surface area (Å²) in [5.41, 5.74) is 2.97. The van der Waals surface area contributed by atoms with E-state index in [9.17, 15) is 8.78 Å². The van der Waals surface area contributed by atoms with E-state index < -0.39 is 6.43 Å². The Hall–Kier alpha value is -2.04. The van der Waals surface area contributed by atoms with Crippen molar-refractivity contribution < 1.29 is 8.78 Å². The molecule has 0 bridgehead atoms. The molecule has 2 aromatic rings. The van der Waals surface area contributed by atoms with Gasteiger partial charge in [0.2, 0.25) is 0 Å². The van der Waals surface area contributed by atoms with Gasteiger partial charge in [-0.2, -0.15) is 5.10 Å². The van der Waals surface area contributed by atoms with Crippen LogP contribution >= 0.6 is 0 Å². The number of rotatable bonds is 2. The maximum Gasteiger partial charge on any atom is 0.264 e. The zero-order chi connectivity index (χ0) is 13.4. The number of hydrogen-bond donors (Lipinski definition) is 0. The Morgan fingerprint density at radius 2 is 2.16 bits per heavy atom. The third-order valence-corrected chi connectivity index (χ3v) is 3.27.